The Bertz CT molecular complexity index is 1020. The zero-order valence-electron chi connectivity index (χ0n) is 18.3. The lowest BCUT2D eigenvalue weighted by molar-refractivity contribution is -0.385. The minimum absolute atomic E-state index is 0.0197. The van der Waals surface area contributed by atoms with Crippen LogP contribution in [0, 0.1) is 10.1 Å². The minimum atomic E-state index is -0.556. The van der Waals surface area contributed by atoms with Crippen LogP contribution in [0.15, 0.2) is 30.3 Å². The van der Waals surface area contributed by atoms with E-state index >= 15 is 0 Å². The number of nitro benzene ring substituents is 1. The highest BCUT2D eigenvalue weighted by atomic mass is 16.6. The molecule has 4 rings (SSSR count). The number of fused-ring (bicyclic) bond motifs is 1. The highest BCUT2D eigenvalue weighted by Crippen LogP contribution is 2.35. The molecular weight excluding hydrogens is 414 g/mol. The first kappa shape index (κ1) is 21.9. The van der Waals surface area contributed by atoms with E-state index in [9.17, 15) is 14.9 Å². The van der Waals surface area contributed by atoms with Crippen molar-refractivity contribution in [1.82, 2.24) is 9.80 Å². The Hall–Kier alpha value is -3.33. The molecule has 9 nitrogen and oxygen atoms in total. The van der Waals surface area contributed by atoms with Crippen LogP contribution in [-0.2, 0) is 13.0 Å². The minimum Gasteiger partial charge on any atom is -0.493 e. The number of piperazine rings is 1. The number of methoxy groups -OCH3 is 1. The van der Waals surface area contributed by atoms with E-state index < -0.39 is 4.92 Å². The number of benzene rings is 2. The second kappa shape index (κ2) is 9.44. The molecule has 0 saturated carbocycles. The third-order valence-corrected chi connectivity index (χ3v) is 5.83. The van der Waals surface area contributed by atoms with Crippen molar-refractivity contribution in [2.75, 3.05) is 46.5 Å². The zero-order valence-corrected chi connectivity index (χ0v) is 18.3. The van der Waals surface area contributed by atoms with Gasteiger partial charge in [-0.15, -0.1) is 0 Å². The fourth-order valence-electron chi connectivity index (χ4n) is 4.18. The smallest absolute Gasteiger partial charge is 0.286 e. The van der Waals surface area contributed by atoms with E-state index in [1.807, 2.05) is 6.07 Å². The van der Waals surface area contributed by atoms with Gasteiger partial charge in [0.25, 0.3) is 11.6 Å². The van der Waals surface area contributed by atoms with E-state index in [0.29, 0.717) is 38.5 Å². The Labute approximate surface area is 186 Å². The van der Waals surface area contributed by atoms with E-state index in [-0.39, 0.29) is 22.9 Å². The quantitative estimate of drug-likeness (QED) is 0.482. The fourth-order valence-corrected chi connectivity index (χ4v) is 4.18. The van der Waals surface area contributed by atoms with Crippen molar-refractivity contribution < 1.29 is 23.9 Å². The summed E-state index contributed by atoms with van der Waals surface area (Å²) in [7, 11) is 1.41. The lowest BCUT2D eigenvalue weighted by atomic mass is 10.1. The lowest BCUT2D eigenvalue weighted by Crippen LogP contribution is -2.48. The summed E-state index contributed by atoms with van der Waals surface area (Å²) in [5.74, 6) is 1.16. The van der Waals surface area contributed by atoms with Crippen molar-refractivity contribution >= 4 is 11.6 Å². The maximum absolute atomic E-state index is 13.2. The molecule has 0 aromatic heterocycles. The van der Waals surface area contributed by atoms with Gasteiger partial charge in [-0.2, -0.15) is 0 Å². The summed E-state index contributed by atoms with van der Waals surface area (Å²) >= 11 is 0. The Morgan fingerprint density at radius 3 is 2.62 bits per heavy atom. The number of nitro groups is 1. The molecule has 0 unspecified atom stereocenters. The van der Waals surface area contributed by atoms with Gasteiger partial charge in [-0.25, -0.2) is 0 Å². The van der Waals surface area contributed by atoms with Crippen molar-refractivity contribution in [1.29, 1.82) is 0 Å². The molecule has 0 N–H and O–H groups in total. The normalized spacial score (nSPS) is 15.8. The first-order chi connectivity index (χ1) is 15.5. The van der Waals surface area contributed by atoms with Crippen molar-refractivity contribution in [3.8, 4) is 17.2 Å². The van der Waals surface area contributed by atoms with E-state index in [0.717, 1.165) is 25.3 Å². The number of carbonyl (C=O) groups excluding carboxylic acids is 1. The van der Waals surface area contributed by atoms with Gasteiger partial charge in [0, 0.05) is 45.2 Å². The molecule has 0 aliphatic carbocycles. The third kappa shape index (κ3) is 4.47. The topological polar surface area (TPSA) is 94.4 Å². The van der Waals surface area contributed by atoms with Crippen LogP contribution in [0.25, 0.3) is 0 Å². The SMILES string of the molecule is CCOc1cc(C(=O)N2CCN(Cc3ccc4c(c3)CCO4)CC2)c([N+](=O)[O-])cc1OC. The monoisotopic (exact) mass is 441 g/mol. The largest absolute Gasteiger partial charge is 0.493 e. The second-order valence-electron chi connectivity index (χ2n) is 7.82. The predicted octanol–water partition coefficient (Wildman–Crippen LogP) is 2.90. The number of hydrogen-bond donors (Lipinski definition) is 0. The van der Waals surface area contributed by atoms with E-state index in [2.05, 4.69) is 17.0 Å². The summed E-state index contributed by atoms with van der Waals surface area (Å²) in [6, 6.07) is 8.97. The molecule has 2 aliphatic rings. The summed E-state index contributed by atoms with van der Waals surface area (Å²) in [6.45, 7) is 6.09. The van der Waals surface area contributed by atoms with Crippen molar-refractivity contribution in [3.05, 3.63) is 57.1 Å². The van der Waals surface area contributed by atoms with Crippen molar-refractivity contribution in [2.24, 2.45) is 0 Å². The number of amides is 1. The molecule has 2 aliphatic heterocycles. The molecule has 0 spiro atoms. The van der Waals surface area contributed by atoms with Gasteiger partial charge in [0.15, 0.2) is 11.5 Å². The molecule has 0 atom stereocenters. The summed E-state index contributed by atoms with van der Waals surface area (Å²) in [5, 5.41) is 11.6. The highest BCUT2D eigenvalue weighted by Gasteiger charge is 2.30. The summed E-state index contributed by atoms with van der Waals surface area (Å²) in [4.78, 5) is 28.2. The Morgan fingerprint density at radius 2 is 1.94 bits per heavy atom. The molecule has 1 fully saturated rings. The number of carbonyl (C=O) groups is 1. The number of nitrogens with zero attached hydrogens (tertiary/aromatic N) is 3. The van der Waals surface area contributed by atoms with Gasteiger partial charge in [-0.3, -0.25) is 19.8 Å². The molecule has 0 radical (unpaired) electrons. The standard InChI is InChI=1S/C23H27N3O6/c1-3-31-22-13-18(19(26(28)29)14-21(22)30-2)23(27)25-9-7-24(8-10-25)15-16-4-5-20-17(12-16)6-11-32-20/h4-5,12-14H,3,6-11,15H2,1-2H3. The van der Waals surface area contributed by atoms with Gasteiger partial charge in [-0.1, -0.05) is 12.1 Å². The maximum atomic E-state index is 13.2. The first-order valence-electron chi connectivity index (χ1n) is 10.8. The predicted molar refractivity (Wildman–Crippen MR) is 118 cm³/mol. The molecule has 2 heterocycles. The molecule has 1 amide bonds. The van der Waals surface area contributed by atoms with Crippen LogP contribution < -0.4 is 14.2 Å². The van der Waals surface area contributed by atoms with Gasteiger partial charge in [0.1, 0.15) is 11.3 Å². The van der Waals surface area contributed by atoms with Crippen molar-refractivity contribution in [2.45, 2.75) is 19.9 Å². The van der Waals surface area contributed by atoms with Crippen molar-refractivity contribution in [3.63, 3.8) is 0 Å². The third-order valence-electron chi connectivity index (χ3n) is 5.83. The second-order valence-corrected chi connectivity index (χ2v) is 7.82. The van der Waals surface area contributed by atoms with Gasteiger partial charge in [0.05, 0.1) is 31.3 Å². The van der Waals surface area contributed by atoms with Crippen LogP contribution in [0.5, 0.6) is 17.2 Å². The Balaban J connectivity index is 1.45. The number of hydrogen-bond acceptors (Lipinski definition) is 7. The van der Waals surface area contributed by atoms with Gasteiger partial charge in [-0.05, 0) is 24.1 Å². The van der Waals surface area contributed by atoms with Crippen LogP contribution in [0.3, 0.4) is 0 Å². The maximum Gasteiger partial charge on any atom is 0.286 e. The Kier molecular flexibility index (Phi) is 6.45. The average molecular weight is 441 g/mol. The molecule has 2 aromatic rings. The van der Waals surface area contributed by atoms with Crippen LogP contribution in [0.1, 0.15) is 28.4 Å². The van der Waals surface area contributed by atoms with Gasteiger partial charge < -0.3 is 19.1 Å². The molecule has 1 saturated heterocycles. The number of ether oxygens (including phenoxy) is 3. The summed E-state index contributed by atoms with van der Waals surface area (Å²) in [5.41, 5.74) is 2.21. The Morgan fingerprint density at radius 1 is 1.16 bits per heavy atom. The molecule has 32 heavy (non-hydrogen) atoms. The summed E-state index contributed by atoms with van der Waals surface area (Å²) in [6.07, 6.45) is 0.940. The van der Waals surface area contributed by atoms with Gasteiger partial charge in [0.2, 0.25) is 0 Å². The van der Waals surface area contributed by atoms with E-state index in [4.69, 9.17) is 14.2 Å². The molecule has 9 heteroatoms. The first-order valence-corrected chi connectivity index (χ1v) is 10.8. The molecule has 2 aromatic carbocycles. The highest BCUT2D eigenvalue weighted by molar-refractivity contribution is 5.99. The summed E-state index contributed by atoms with van der Waals surface area (Å²) < 4.78 is 16.3. The van der Waals surface area contributed by atoms with Crippen LogP contribution in [0.2, 0.25) is 0 Å². The van der Waals surface area contributed by atoms with E-state index in [1.54, 1.807) is 11.8 Å². The van der Waals surface area contributed by atoms with Crippen LogP contribution in [0.4, 0.5) is 5.69 Å². The molecule has 0 bridgehead atoms. The van der Waals surface area contributed by atoms with Gasteiger partial charge >= 0.3 is 0 Å². The average Bonchev–Trinajstić information content (AvgIpc) is 3.27. The van der Waals surface area contributed by atoms with Crippen LogP contribution >= 0.6 is 0 Å². The lowest BCUT2D eigenvalue weighted by Gasteiger charge is -2.34. The molecule has 170 valence electrons. The fraction of sp³-hybridized carbons (Fsp3) is 0.435. The number of rotatable bonds is 7. The molecular formula is C23H27N3O6. The zero-order chi connectivity index (χ0) is 22.7. The van der Waals surface area contributed by atoms with Crippen LogP contribution in [-0.4, -0.2) is 67.1 Å². The van der Waals surface area contributed by atoms with E-state index in [1.165, 1.54) is 30.4 Å².